The number of morpholine rings is 1. The van der Waals surface area contributed by atoms with Crippen LogP contribution in [0.5, 0.6) is 5.75 Å². The van der Waals surface area contributed by atoms with Crippen LogP contribution in [0.25, 0.3) is 17.0 Å². The highest BCUT2D eigenvalue weighted by Crippen LogP contribution is 2.32. The molecule has 7 nitrogen and oxygen atoms in total. The molecular weight excluding hydrogens is 378 g/mol. The average Bonchev–Trinajstić information content (AvgIpc) is 3.19. The summed E-state index contributed by atoms with van der Waals surface area (Å²) in [7, 11) is 1.66. The number of aromatic nitrogens is 3. The molecule has 0 radical (unpaired) electrons. The minimum Gasteiger partial charge on any atom is -0.497 e. The molecule has 1 saturated heterocycles. The van der Waals surface area contributed by atoms with Gasteiger partial charge < -0.3 is 19.7 Å². The predicted octanol–water partition coefficient (Wildman–Crippen LogP) is 3.99. The molecule has 1 aliphatic rings. The van der Waals surface area contributed by atoms with Gasteiger partial charge in [0.05, 0.1) is 20.3 Å². The fourth-order valence-electron chi connectivity index (χ4n) is 3.67. The van der Waals surface area contributed by atoms with Crippen molar-refractivity contribution in [3.63, 3.8) is 0 Å². The summed E-state index contributed by atoms with van der Waals surface area (Å²) in [5.74, 6) is 2.35. The quantitative estimate of drug-likeness (QED) is 0.546. The van der Waals surface area contributed by atoms with Crippen LogP contribution < -0.4 is 15.0 Å². The number of nitrogens with one attached hydrogen (secondary N) is 1. The Morgan fingerprint density at radius 3 is 2.50 bits per heavy atom. The molecule has 4 aromatic rings. The number of methoxy groups -OCH3 is 1. The zero-order chi connectivity index (χ0) is 20.3. The zero-order valence-corrected chi connectivity index (χ0v) is 16.8. The molecule has 0 atom stereocenters. The largest absolute Gasteiger partial charge is 0.497 e. The van der Waals surface area contributed by atoms with Gasteiger partial charge in [-0.15, -0.1) is 0 Å². The first-order chi connectivity index (χ1) is 14.8. The lowest BCUT2D eigenvalue weighted by atomic mass is 10.1. The number of nitrogens with zero attached hydrogens (tertiary/aromatic N) is 4. The molecule has 0 unspecified atom stereocenters. The molecular formula is C23H23N5O2. The van der Waals surface area contributed by atoms with Crippen molar-refractivity contribution in [1.29, 1.82) is 0 Å². The van der Waals surface area contributed by atoms with E-state index in [-0.39, 0.29) is 0 Å². The molecule has 0 aliphatic carbocycles. The normalized spacial score (nSPS) is 14.1. The summed E-state index contributed by atoms with van der Waals surface area (Å²) in [6, 6.07) is 18.3. The van der Waals surface area contributed by atoms with Crippen molar-refractivity contribution in [3.05, 3.63) is 67.0 Å². The monoisotopic (exact) mass is 401 g/mol. The number of fused-ring (bicyclic) bond motifs is 1. The highest BCUT2D eigenvalue weighted by molar-refractivity contribution is 5.79. The van der Waals surface area contributed by atoms with E-state index in [0.717, 1.165) is 54.8 Å². The molecule has 2 aromatic carbocycles. The second-order valence-corrected chi connectivity index (χ2v) is 7.10. The Balaban J connectivity index is 1.51. The predicted molar refractivity (Wildman–Crippen MR) is 118 cm³/mol. The van der Waals surface area contributed by atoms with Gasteiger partial charge in [0.25, 0.3) is 0 Å². The third kappa shape index (κ3) is 3.55. The Morgan fingerprint density at radius 2 is 1.77 bits per heavy atom. The van der Waals surface area contributed by atoms with Crippen molar-refractivity contribution >= 4 is 23.0 Å². The second kappa shape index (κ2) is 8.04. The van der Waals surface area contributed by atoms with Crippen molar-refractivity contribution in [3.8, 4) is 17.0 Å². The number of anilines is 3. The van der Waals surface area contributed by atoms with E-state index in [1.54, 1.807) is 13.3 Å². The summed E-state index contributed by atoms with van der Waals surface area (Å²) in [6.45, 7) is 3.38. The third-order valence-electron chi connectivity index (χ3n) is 5.27. The SMILES string of the molecule is COc1ccc(Nc2c(-c3ccc(N4CCOCC4)cc3)nc3ncccn23)cc1. The molecule has 2 aromatic heterocycles. The smallest absolute Gasteiger partial charge is 0.235 e. The molecule has 0 bridgehead atoms. The van der Waals surface area contributed by atoms with Crippen LogP contribution in [-0.2, 0) is 4.74 Å². The van der Waals surface area contributed by atoms with Crippen LogP contribution in [0.2, 0.25) is 0 Å². The van der Waals surface area contributed by atoms with Gasteiger partial charge in [-0.1, -0.05) is 12.1 Å². The summed E-state index contributed by atoms with van der Waals surface area (Å²) >= 11 is 0. The molecule has 0 spiro atoms. The van der Waals surface area contributed by atoms with Gasteiger partial charge in [0.2, 0.25) is 5.78 Å². The lowest BCUT2D eigenvalue weighted by Crippen LogP contribution is -2.36. The lowest BCUT2D eigenvalue weighted by Gasteiger charge is -2.28. The van der Waals surface area contributed by atoms with Gasteiger partial charge in [-0.3, -0.25) is 4.40 Å². The maximum absolute atomic E-state index is 5.46. The first-order valence-electron chi connectivity index (χ1n) is 9.99. The van der Waals surface area contributed by atoms with Crippen LogP contribution in [0.15, 0.2) is 67.0 Å². The standard InChI is InChI=1S/C23H23N5O2/c1-29-20-9-5-18(6-10-20)25-22-21(26-23-24-11-2-12-28(22)23)17-3-7-19(8-4-17)27-13-15-30-16-14-27/h2-12,25H,13-16H2,1H3. The van der Waals surface area contributed by atoms with Gasteiger partial charge in [-0.25, -0.2) is 9.97 Å². The number of rotatable bonds is 5. The van der Waals surface area contributed by atoms with Crippen LogP contribution in [0.4, 0.5) is 17.2 Å². The van der Waals surface area contributed by atoms with Gasteiger partial charge in [0.15, 0.2) is 0 Å². The van der Waals surface area contributed by atoms with Crippen molar-refractivity contribution in [2.24, 2.45) is 0 Å². The molecule has 0 amide bonds. The third-order valence-corrected chi connectivity index (χ3v) is 5.27. The Morgan fingerprint density at radius 1 is 1.00 bits per heavy atom. The van der Waals surface area contributed by atoms with E-state index in [0.29, 0.717) is 5.78 Å². The van der Waals surface area contributed by atoms with Gasteiger partial charge in [0.1, 0.15) is 17.3 Å². The topological polar surface area (TPSA) is 63.9 Å². The van der Waals surface area contributed by atoms with E-state index in [4.69, 9.17) is 14.5 Å². The van der Waals surface area contributed by atoms with Gasteiger partial charge in [-0.2, -0.15) is 0 Å². The number of ether oxygens (including phenoxy) is 2. The molecule has 1 fully saturated rings. The van der Waals surface area contributed by atoms with E-state index >= 15 is 0 Å². The van der Waals surface area contributed by atoms with Crippen LogP contribution in [0.3, 0.4) is 0 Å². The summed E-state index contributed by atoms with van der Waals surface area (Å²) in [5.41, 5.74) is 4.05. The minimum absolute atomic E-state index is 0.653. The number of imidazole rings is 1. The van der Waals surface area contributed by atoms with E-state index in [1.807, 2.05) is 40.9 Å². The highest BCUT2D eigenvalue weighted by atomic mass is 16.5. The van der Waals surface area contributed by atoms with E-state index in [2.05, 4.69) is 39.5 Å². The second-order valence-electron chi connectivity index (χ2n) is 7.10. The summed E-state index contributed by atoms with van der Waals surface area (Å²) < 4.78 is 12.7. The Bertz CT molecular complexity index is 1130. The molecule has 0 saturated carbocycles. The Kier molecular flexibility index (Phi) is 4.94. The fraction of sp³-hybridized carbons (Fsp3) is 0.217. The average molecular weight is 401 g/mol. The summed E-state index contributed by atoms with van der Waals surface area (Å²) in [5, 5.41) is 3.50. The highest BCUT2D eigenvalue weighted by Gasteiger charge is 2.16. The number of benzene rings is 2. The summed E-state index contributed by atoms with van der Waals surface area (Å²) in [6.07, 6.45) is 3.72. The lowest BCUT2D eigenvalue weighted by molar-refractivity contribution is 0.122. The van der Waals surface area contributed by atoms with Crippen molar-refractivity contribution in [1.82, 2.24) is 14.4 Å². The van der Waals surface area contributed by atoms with E-state index in [1.165, 1.54) is 5.69 Å². The van der Waals surface area contributed by atoms with Crippen molar-refractivity contribution in [2.45, 2.75) is 0 Å². The fourth-order valence-corrected chi connectivity index (χ4v) is 3.67. The van der Waals surface area contributed by atoms with E-state index < -0.39 is 0 Å². The van der Waals surface area contributed by atoms with Crippen LogP contribution in [0.1, 0.15) is 0 Å². The zero-order valence-electron chi connectivity index (χ0n) is 16.8. The summed E-state index contributed by atoms with van der Waals surface area (Å²) in [4.78, 5) is 11.5. The van der Waals surface area contributed by atoms with Crippen molar-refractivity contribution in [2.75, 3.05) is 43.6 Å². The van der Waals surface area contributed by atoms with Crippen molar-refractivity contribution < 1.29 is 9.47 Å². The molecule has 1 N–H and O–H groups in total. The Hall–Kier alpha value is -3.58. The molecule has 3 heterocycles. The number of hydrogen-bond donors (Lipinski definition) is 1. The van der Waals surface area contributed by atoms with Gasteiger partial charge >= 0.3 is 0 Å². The molecule has 30 heavy (non-hydrogen) atoms. The van der Waals surface area contributed by atoms with E-state index in [9.17, 15) is 0 Å². The van der Waals surface area contributed by atoms with Crippen LogP contribution >= 0.6 is 0 Å². The molecule has 7 heteroatoms. The Labute approximate surface area is 174 Å². The maximum atomic E-state index is 5.46. The van der Waals surface area contributed by atoms with Gasteiger partial charge in [-0.05, 0) is 42.5 Å². The molecule has 5 rings (SSSR count). The van der Waals surface area contributed by atoms with Crippen LogP contribution in [0, 0.1) is 0 Å². The number of hydrogen-bond acceptors (Lipinski definition) is 6. The maximum Gasteiger partial charge on any atom is 0.235 e. The molecule has 1 aliphatic heterocycles. The van der Waals surface area contributed by atoms with Gasteiger partial charge in [0, 0.05) is 42.4 Å². The minimum atomic E-state index is 0.653. The first-order valence-corrected chi connectivity index (χ1v) is 9.99. The van der Waals surface area contributed by atoms with Crippen LogP contribution in [-0.4, -0.2) is 47.8 Å². The first kappa shape index (κ1) is 18.4. The molecule has 152 valence electrons.